The molecule has 2 aromatic heterocycles. The van der Waals surface area contributed by atoms with Crippen LogP contribution in [0.25, 0.3) is 21.9 Å². The van der Waals surface area contributed by atoms with Crippen molar-refractivity contribution in [2.75, 3.05) is 24.4 Å². The third-order valence-corrected chi connectivity index (χ3v) is 5.93. The molecule has 0 bridgehead atoms. The summed E-state index contributed by atoms with van der Waals surface area (Å²) in [6.07, 6.45) is 1.54. The molecule has 2 N–H and O–H groups in total. The number of ether oxygens (including phenoxy) is 2. The van der Waals surface area contributed by atoms with E-state index in [-0.39, 0.29) is 30.4 Å². The van der Waals surface area contributed by atoms with Crippen molar-refractivity contribution in [3.05, 3.63) is 89.9 Å². The molecule has 5 aromatic rings. The van der Waals surface area contributed by atoms with E-state index in [1.165, 1.54) is 6.26 Å². The SMILES string of the molecule is CCOC(=O)c1ccc(NC(=O)c2oc3ccccc3c2NC(=O)Cc2coc3ccc(OC)cc23)cc1. The van der Waals surface area contributed by atoms with Crippen molar-refractivity contribution in [1.29, 1.82) is 0 Å². The average molecular weight is 513 g/mol. The maximum Gasteiger partial charge on any atom is 0.338 e. The molecule has 5 rings (SSSR count). The molecule has 0 fully saturated rings. The number of rotatable bonds is 8. The van der Waals surface area contributed by atoms with Gasteiger partial charge in [-0.1, -0.05) is 12.1 Å². The zero-order valence-corrected chi connectivity index (χ0v) is 20.7. The van der Waals surface area contributed by atoms with Gasteiger partial charge in [-0.15, -0.1) is 0 Å². The molecule has 9 heteroatoms. The molecule has 3 aromatic carbocycles. The molecule has 38 heavy (non-hydrogen) atoms. The number of methoxy groups -OCH3 is 1. The third kappa shape index (κ3) is 4.94. The van der Waals surface area contributed by atoms with Crippen LogP contribution in [-0.2, 0) is 16.0 Å². The number of hydrogen-bond donors (Lipinski definition) is 2. The summed E-state index contributed by atoms with van der Waals surface area (Å²) < 4.78 is 21.7. The van der Waals surface area contributed by atoms with Crippen molar-refractivity contribution >= 4 is 51.1 Å². The van der Waals surface area contributed by atoms with Crippen molar-refractivity contribution in [2.24, 2.45) is 0 Å². The van der Waals surface area contributed by atoms with Crippen LogP contribution < -0.4 is 15.4 Å². The lowest BCUT2D eigenvalue weighted by atomic mass is 10.1. The van der Waals surface area contributed by atoms with Gasteiger partial charge in [-0.25, -0.2) is 4.79 Å². The molecule has 0 saturated carbocycles. The molecule has 192 valence electrons. The Kier molecular flexibility index (Phi) is 6.82. The number of fused-ring (bicyclic) bond motifs is 2. The largest absolute Gasteiger partial charge is 0.497 e. The fourth-order valence-electron chi connectivity index (χ4n) is 4.10. The normalized spacial score (nSPS) is 10.9. The van der Waals surface area contributed by atoms with Gasteiger partial charge < -0.3 is 28.9 Å². The Hall–Kier alpha value is -5.05. The molecular weight excluding hydrogens is 488 g/mol. The Morgan fingerprint density at radius 2 is 1.68 bits per heavy atom. The minimum atomic E-state index is -0.557. The van der Waals surface area contributed by atoms with E-state index in [4.69, 9.17) is 18.3 Å². The highest BCUT2D eigenvalue weighted by Gasteiger charge is 2.23. The Balaban J connectivity index is 1.38. The number of benzene rings is 3. The van der Waals surface area contributed by atoms with E-state index < -0.39 is 11.9 Å². The first-order valence-corrected chi connectivity index (χ1v) is 11.9. The maximum absolute atomic E-state index is 13.2. The number of nitrogens with one attached hydrogen (secondary N) is 2. The van der Waals surface area contributed by atoms with Crippen LogP contribution in [-0.4, -0.2) is 31.5 Å². The molecule has 0 aliphatic heterocycles. The number of carbonyl (C=O) groups is 3. The van der Waals surface area contributed by atoms with E-state index >= 15 is 0 Å². The topological polar surface area (TPSA) is 120 Å². The van der Waals surface area contributed by atoms with Gasteiger partial charge in [0.2, 0.25) is 11.7 Å². The third-order valence-electron chi connectivity index (χ3n) is 5.93. The minimum absolute atomic E-state index is 0.00998. The van der Waals surface area contributed by atoms with Crippen LogP contribution in [0.15, 0.2) is 81.8 Å². The molecule has 2 amide bonds. The summed E-state index contributed by atoms with van der Waals surface area (Å²) in [6, 6.07) is 18.7. The summed E-state index contributed by atoms with van der Waals surface area (Å²) >= 11 is 0. The van der Waals surface area contributed by atoms with Crippen molar-refractivity contribution in [2.45, 2.75) is 13.3 Å². The highest BCUT2D eigenvalue weighted by molar-refractivity contribution is 6.15. The smallest absolute Gasteiger partial charge is 0.338 e. The van der Waals surface area contributed by atoms with Gasteiger partial charge in [-0.2, -0.15) is 0 Å². The first kappa shape index (κ1) is 24.6. The lowest BCUT2D eigenvalue weighted by Gasteiger charge is -2.08. The van der Waals surface area contributed by atoms with E-state index in [1.807, 2.05) is 0 Å². The molecule has 0 aliphatic rings. The van der Waals surface area contributed by atoms with E-state index in [1.54, 1.807) is 80.8 Å². The standard InChI is InChI=1S/C29H24N2O7/c1-3-36-29(34)17-8-10-19(11-9-17)30-28(33)27-26(21-6-4-5-7-24(21)38-27)31-25(32)14-18-16-37-23-13-12-20(35-2)15-22(18)23/h4-13,15-16H,3,14H2,1-2H3,(H,30,33)(H,31,32). The number of furan rings is 2. The summed E-state index contributed by atoms with van der Waals surface area (Å²) in [5, 5.41) is 6.94. The number of anilines is 2. The van der Waals surface area contributed by atoms with Crippen LogP contribution in [0, 0.1) is 0 Å². The number of hydrogen-bond acceptors (Lipinski definition) is 7. The zero-order chi connectivity index (χ0) is 26.6. The summed E-state index contributed by atoms with van der Waals surface area (Å²) in [5.41, 5.74) is 2.83. The molecule has 2 heterocycles. The van der Waals surface area contributed by atoms with Gasteiger partial charge in [-0.05, 0) is 61.5 Å². The number of amides is 2. The Morgan fingerprint density at radius 1 is 0.895 bits per heavy atom. The van der Waals surface area contributed by atoms with Crippen LogP contribution in [0.4, 0.5) is 11.4 Å². The summed E-state index contributed by atoms with van der Waals surface area (Å²) in [4.78, 5) is 38.2. The first-order chi connectivity index (χ1) is 18.5. The van der Waals surface area contributed by atoms with Crippen molar-refractivity contribution in [1.82, 2.24) is 0 Å². The quantitative estimate of drug-likeness (QED) is 0.252. The lowest BCUT2D eigenvalue weighted by molar-refractivity contribution is -0.115. The molecule has 9 nitrogen and oxygen atoms in total. The van der Waals surface area contributed by atoms with Crippen LogP contribution in [0.2, 0.25) is 0 Å². The fraction of sp³-hybridized carbons (Fsp3) is 0.138. The maximum atomic E-state index is 13.2. The average Bonchev–Trinajstić information content (AvgIpc) is 3.50. The number of carbonyl (C=O) groups excluding carboxylic acids is 3. The van der Waals surface area contributed by atoms with Gasteiger partial charge in [0.1, 0.15) is 22.6 Å². The van der Waals surface area contributed by atoms with Crippen LogP contribution >= 0.6 is 0 Å². The molecule has 0 unspecified atom stereocenters. The summed E-state index contributed by atoms with van der Waals surface area (Å²) in [5.74, 6) is -0.756. The monoisotopic (exact) mass is 512 g/mol. The van der Waals surface area contributed by atoms with E-state index in [0.717, 1.165) is 5.39 Å². The van der Waals surface area contributed by atoms with Gasteiger partial charge in [0.25, 0.3) is 5.91 Å². The molecule has 0 atom stereocenters. The molecular formula is C29H24N2O7. The van der Waals surface area contributed by atoms with E-state index in [9.17, 15) is 14.4 Å². The number of para-hydroxylation sites is 1. The van der Waals surface area contributed by atoms with Crippen LogP contribution in [0.5, 0.6) is 5.75 Å². The highest BCUT2D eigenvalue weighted by Crippen LogP contribution is 2.32. The van der Waals surface area contributed by atoms with Crippen molar-refractivity contribution in [3.8, 4) is 5.75 Å². The van der Waals surface area contributed by atoms with Crippen LogP contribution in [0.1, 0.15) is 33.4 Å². The molecule has 0 radical (unpaired) electrons. The van der Waals surface area contributed by atoms with E-state index in [0.29, 0.717) is 39.1 Å². The molecule has 0 spiro atoms. The Bertz CT molecular complexity index is 1650. The van der Waals surface area contributed by atoms with Crippen LogP contribution in [0.3, 0.4) is 0 Å². The Morgan fingerprint density at radius 3 is 2.45 bits per heavy atom. The van der Waals surface area contributed by atoms with Gasteiger partial charge in [0.15, 0.2) is 0 Å². The Labute approximate surface area is 217 Å². The lowest BCUT2D eigenvalue weighted by Crippen LogP contribution is -2.18. The number of esters is 1. The predicted octanol–water partition coefficient (Wildman–Crippen LogP) is 5.80. The zero-order valence-electron chi connectivity index (χ0n) is 20.7. The van der Waals surface area contributed by atoms with Crippen molar-refractivity contribution < 1.29 is 32.7 Å². The minimum Gasteiger partial charge on any atom is -0.497 e. The van der Waals surface area contributed by atoms with E-state index in [2.05, 4.69) is 10.6 Å². The summed E-state index contributed by atoms with van der Waals surface area (Å²) in [7, 11) is 1.57. The van der Waals surface area contributed by atoms with Crippen molar-refractivity contribution in [3.63, 3.8) is 0 Å². The second-order valence-corrected chi connectivity index (χ2v) is 8.40. The highest BCUT2D eigenvalue weighted by atomic mass is 16.5. The first-order valence-electron chi connectivity index (χ1n) is 11.9. The predicted molar refractivity (Wildman–Crippen MR) is 142 cm³/mol. The second-order valence-electron chi connectivity index (χ2n) is 8.40. The molecule has 0 aliphatic carbocycles. The second kappa shape index (κ2) is 10.5. The van der Waals surface area contributed by atoms with Gasteiger partial charge in [0, 0.05) is 22.0 Å². The summed E-state index contributed by atoms with van der Waals surface area (Å²) in [6.45, 7) is 1.99. The van der Waals surface area contributed by atoms with Gasteiger partial charge in [-0.3, -0.25) is 9.59 Å². The molecule has 0 saturated heterocycles. The van der Waals surface area contributed by atoms with Gasteiger partial charge in [0.05, 0.1) is 32.0 Å². The van der Waals surface area contributed by atoms with Gasteiger partial charge >= 0.3 is 5.97 Å². The fourth-order valence-corrected chi connectivity index (χ4v) is 4.10.